The van der Waals surface area contributed by atoms with Crippen molar-refractivity contribution in [2.75, 3.05) is 11.1 Å². The maximum atomic E-state index is 13.1. The van der Waals surface area contributed by atoms with E-state index in [1.165, 1.54) is 29.2 Å². The molecule has 0 saturated heterocycles. The average molecular weight is 590 g/mol. The number of hydrogen-bond acceptors (Lipinski definition) is 7. The molecule has 0 bridgehead atoms. The number of aromatic nitrogens is 4. The van der Waals surface area contributed by atoms with Gasteiger partial charge in [-0.25, -0.2) is 4.98 Å². The Kier molecular flexibility index (Phi) is 9.43. The van der Waals surface area contributed by atoms with Crippen molar-refractivity contribution in [3.63, 3.8) is 0 Å². The first kappa shape index (κ1) is 28.1. The maximum Gasteiger partial charge on any atom is 0.253 e. The van der Waals surface area contributed by atoms with Gasteiger partial charge >= 0.3 is 0 Å². The summed E-state index contributed by atoms with van der Waals surface area (Å²) in [5, 5.41) is 16.4. The Morgan fingerprint density at radius 3 is 2.68 bits per heavy atom. The Hall–Kier alpha value is -2.92. The van der Waals surface area contributed by atoms with Gasteiger partial charge in [0.1, 0.15) is 0 Å². The summed E-state index contributed by atoms with van der Waals surface area (Å²) in [4.78, 5) is 30.2. The lowest BCUT2D eigenvalue weighted by atomic mass is 10.0. The van der Waals surface area contributed by atoms with Gasteiger partial charge in [-0.2, -0.15) is 0 Å². The summed E-state index contributed by atoms with van der Waals surface area (Å²) >= 11 is 14.9. The zero-order valence-electron chi connectivity index (χ0n) is 20.8. The van der Waals surface area contributed by atoms with Crippen LogP contribution in [0.5, 0.6) is 0 Å². The van der Waals surface area contributed by atoms with Crippen LogP contribution in [0, 0.1) is 5.92 Å². The van der Waals surface area contributed by atoms with Crippen LogP contribution in [0.3, 0.4) is 0 Å². The fourth-order valence-electron chi connectivity index (χ4n) is 3.79. The van der Waals surface area contributed by atoms with Crippen LogP contribution in [-0.4, -0.2) is 37.3 Å². The average Bonchev–Trinajstić information content (AvgIpc) is 3.45. The van der Waals surface area contributed by atoms with Gasteiger partial charge in [0.25, 0.3) is 5.91 Å². The molecule has 38 heavy (non-hydrogen) atoms. The van der Waals surface area contributed by atoms with Crippen LogP contribution in [0.2, 0.25) is 10.0 Å². The molecular weight excluding hydrogens is 563 g/mol. The van der Waals surface area contributed by atoms with E-state index in [1.54, 1.807) is 18.2 Å². The molecule has 0 radical (unpaired) electrons. The van der Waals surface area contributed by atoms with Gasteiger partial charge in [-0.3, -0.25) is 9.59 Å². The van der Waals surface area contributed by atoms with E-state index < -0.39 is 6.04 Å². The highest BCUT2D eigenvalue weighted by Crippen LogP contribution is 2.28. The number of nitrogens with zero attached hydrogens (tertiary/aromatic N) is 4. The second-order valence-electron chi connectivity index (χ2n) is 8.84. The SMILES string of the molecule is C=CCn1c(SCC(=O)Nc2nc3ccccc3s2)nnc1[C@H](CC(C)C)NC(=O)c1ccc(Cl)cc1Cl. The lowest BCUT2D eigenvalue weighted by Crippen LogP contribution is -2.32. The second-order valence-corrected chi connectivity index (χ2v) is 11.7. The van der Waals surface area contributed by atoms with E-state index in [1.807, 2.05) is 28.8 Å². The summed E-state index contributed by atoms with van der Waals surface area (Å²) < 4.78 is 2.86. The third-order valence-corrected chi connectivity index (χ3v) is 7.90. The molecule has 0 aliphatic heterocycles. The highest BCUT2D eigenvalue weighted by molar-refractivity contribution is 7.99. The van der Waals surface area contributed by atoms with Crippen molar-refractivity contribution in [1.82, 2.24) is 25.1 Å². The van der Waals surface area contributed by atoms with Crippen LogP contribution < -0.4 is 10.6 Å². The molecule has 0 unspecified atom stereocenters. The highest BCUT2D eigenvalue weighted by atomic mass is 35.5. The summed E-state index contributed by atoms with van der Waals surface area (Å²) in [6, 6.07) is 12.0. The number of anilines is 1. The first-order valence-electron chi connectivity index (χ1n) is 11.8. The van der Waals surface area contributed by atoms with Gasteiger partial charge in [-0.15, -0.1) is 16.8 Å². The predicted molar refractivity (Wildman–Crippen MR) is 155 cm³/mol. The number of para-hydroxylation sites is 1. The number of rotatable bonds is 11. The number of hydrogen-bond donors (Lipinski definition) is 2. The fraction of sp³-hybridized carbons (Fsp3) is 0.269. The lowest BCUT2D eigenvalue weighted by molar-refractivity contribution is -0.113. The zero-order valence-corrected chi connectivity index (χ0v) is 23.9. The van der Waals surface area contributed by atoms with Crippen LogP contribution in [0.4, 0.5) is 5.13 Å². The number of benzene rings is 2. The third-order valence-electron chi connectivity index (χ3n) is 5.43. The van der Waals surface area contributed by atoms with Crippen LogP contribution in [0.25, 0.3) is 10.2 Å². The minimum Gasteiger partial charge on any atom is -0.342 e. The van der Waals surface area contributed by atoms with E-state index in [2.05, 4.69) is 46.2 Å². The fourth-order valence-corrected chi connectivity index (χ4v) is 5.92. The van der Waals surface area contributed by atoms with Gasteiger partial charge in [-0.1, -0.05) is 78.4 Å². The number of amides is 2. The Bertz CT molecular complexity index is 1440. The predicted octanol–water partition coefficient (Wildman–Crippen LogP) is 6.63. The zero-order chi connectivity index (χ0) is 27.2. The Labute approximate surface area is 238 Å². The largest absolute Gasteiger partial charge is 0.342 e. The van der Waals surface area contributed by atoms with Gasteiger partial charge in [0, 0.05) is 11.6 Å². The summed E-state index contributed by atoms with van der Waals surface area (Å²) in [7, 11) is 0. The number of nitrogens with one attached hydrogen (secondary N) is 2. The Morgan fingerprint density at radius 1 is 1.18 bits per heavy atom. The Balaban J connectivity index is 1.49. The second kappa shape index (κ2) is 12.8. The van der Waals surface area contributed by atoms with Gasteiger partial charge in [0.05, 0.1) is 32.6 Å². The quantitative estimate of drug-likeness (QED) is 0.151. The minimum absolute atomic E-state index is 0.118. The van der Waals surface area contributed by atoms with Gasteiger partial charge in [0.15, 0.2) is 16.1 Å². The minimum atomic E-state index is -0.437. The number of carbonyl (C=O) groups is 2. The topological polar surface area (TPSA) is 102 Å². The lowest BCUT2D eigenvalue weighted by Gasteiger charge is -2.21. The van der Waals surface area contributed by atoms with Crippen molar-refractivity contribution >= 4 is 73.5 Å². The standard InChI is InChI=1S/C26H26Cl2N6O2S2/c1-4-11-34-23(20(12-15(2)3)29-24(36)17-10-9-16(27)13-18(17)28)32-33-26(34)37-14-22(35)31-25-30-19-7-5-6-8-21(19)38-25/h4-10,13,15,20H,1,11-12,14H2,2-3H3,(H,29,36)(H,30,31,35)/t20-/m0/s1. The monoisotopic (exact) mass is 588 g/mol. The van der Waals surface area contributed by atoms with E-state index in [-0.39, 0.29) is 28.5 Å². The number of halogens is 2. The molecule has 2 amide bonds. The molecule has 0 fully saturated rings. The van der Waals surface area contributed by atoms with Gasteiger partial charge in [0.2, 0.25) is 5.91 Å². The molecule has 2 heterocycles. The van der Waals surface area contributed by atoms with Crippen molar-refractivity contribution in [1.29, 1.82) is 0 Å². The van der Waals surface area contributed by atoms with E-state index in [9.17, 15) is 9.59 Å². The molecule has 0 aliphatic carbocycles. The normalized spacial score (nSPS) is 12.0. The molecule has 4 rings (SSSR count). The summed E-state index contributed by atoms with van der Waals surface area (Å²) in [6.07, 6.45) is 2.34. The molecule has 4 aromatic rings. The maximum absolute atomic E-state index is 13.1. The van der Waals surface area contributed by atoms with E-state index >= 15 is 0 Å². The first-order valence-corrected chi connectivity index (χ1v) is 14.4. The Morgan fingerprint density at radius 2 is 1.97 bits per heavy atom. The van der Waals surface area contributed by atoms with Crippen molar-refractivity contribution < 1.29 is 9.59 Å². The molecule has 0 saturated carbocycles. The number of thioether (sulfide) groups is 1. The molecular formula is C26H26Cl2N6O2S2. The van der Waals surface area contributed by atoms with Crippen LogP contribution in [0.1, 0.15) is 42.5 Å². The first-order chi connectivity index (χ1) is 18.2. The smallest absolute Gasteiger partial charge is 0.253 e. The number of carbonyl (C=O) groups excluding carboxylic acids is 2. The molecule has 0 spiro atoms. The van der Waals surface area contributed by atoms with Gasteiger partial charge < -0.3 is 15.2 Å². The van der Waals surface area contributed by atoms with Crippen LogP contribution in [0.15, 0.2) is 60.3 Å². The van der Waals surface area contributed by atoms with E-state index in [0.717, 1.165) is 10.2 Å². The van der Waals surface area contributed by atoms with Gasteiger partial charge in [-0.05, 0) is 42.7 Å². The summed E-state index contributed by atoms with van der Waals surface area (Å²) in [6.45, 7) is 8.38. The van der Waals surface area contributed by atoms with Crippen molar-refractivity contribution in [3.8, 4) is 0 Å². The van der Waals surface area contributed by atoms with Crippen molar-refractivity contribution in [2.24, 2.45) is 5.92 Å². The molecule has 8 nitrogen and oxygen atoms in total. The number of allylic oxidation sites excluding steroid dienone is 1. The van der Waals surface area contributed by atoms with Crippen molar-refractivity contribution in [2.45, 2.75) is 38.0 Å². The highest BCUT2D eigenvalue weighted by Gasteiger charge is 2.25. The van der Waals surface area contributed by atoms with Crippen LogP contribution >= 0.6 is 46.3 Å². The molecule has 2 N–H and O–H groups in total. The summed E-state index contributed by atoms with van der Waals surface area (Å²) in [5.41, 5.74) is 1.16. The molecule has 2 aromatic carbocycles. The molecule has 0 aliphatic rings. The third kappa shape index (κ3) is 6.93. The molecule has 1 atom stereocenters. The van der Waals surface area contributed by atoms with Crippen LogP contribution in [-0.2, 0) is 11.3 Å². The number of thiazole rings is 1. The number of fused-ring (bicyclic) bond motifs is 1. The van der Waals surface area contributed by atoms with E-state index in [4.69, 9.17) is 23.2 Å². The molecule has 12 heteroatoms. The van der Waals surface area contributed by atoms with E-state index in [0.29, 0.717) is 39.7 Å². The molecule has 198 valence electrons. The van der Waals surface area contributed by atoms with Crippen molar-refractivity contribution in [3.05, 3.63) is 76.6 Å². The summed E-state index contributed by atoms with van der Waals surface area (Å²) in [5.74, 6) is 0.409. The molecule has 2 aromatic heterocycles.